The number of fused-ring (bicyclic) bond motifs is 1. The van der Waals surface area contributed by atoms with E-state index in [9.17, 15) is 0 Å². The Labute approximate surface area is 97.3 Å². The van der Waals surface area contributed by atoms with Crippen LogP contribution < -0.4 is 0 Å². The molecule has 2 aromatic rings. The summed E-state index contributed by atoms with van der Waals surface area (Å²) in [4.78, 5) is 0. The van der Waals surface area contributed by atoms with Crippen LogP contribution in [0.2, 0.25) is 10.0 Å². The monoisotopic (exact) mass is 241 g/mol. The molecule has 2 nitrogen and oxygen atoms in total. The van der Waals surface area contributed by atoms with E-state index in [1.807, 2.05) is 22.9 Å². The molecular formula is C11H9Cl2NO. The minimum atomic E-state index is 0.0149. The largest absolute Gasteiger partial charge is 0.392 e. The number of rotatable bonds is 2. The molecule has 0 bridgehead atoms. The average Bonchev–Trinajstić information content (AvgIpc) is 2.59. The molecule has 0 amide bonds. The molecule has 0 spiro atoms. The zero-order chi connectivity index (χ0) is 10.8. The van der Waals surface area contributed by atoms with Gasteiger partial charge in [0.1, 0.15) is 0 Å². The Morgan fingerprint density at radius 2 is 2.00 bits per heavy atom. The summed E-state index contributed by atoms with van der Waals surface area (Å²) in [6.45, 7) is 0.0149. The van der Waals surface area contributed by atoms with Crippen LogP contribution in [0, 0.1) is 0 Å². The van der Waals surface area contributed by atoms with Crippen LogP contribution in [-0.2, 0) is 0 Å². The van der Waals surface area contributed by atoms with Crippen LogP contribution in [0.3, 0.4) is 0 Å². The van der Waals surface area contributed by atoms with Crippen LogP contribution in [0.5, 0.6) is 0 Å². The Kier molecular flexibility index (Phi) is 3.00. The second kappa shape index (κ2) is 4.27. The first kappa shape index (κ1) is 10.6. The molecular weight excluding hydrogens is 233 g/mol. The molecule has 0 aliphatic heterocycles. The highest BCUT2D eigenvalue weighted by Crippen LogP contribution is 2.28. The highest BCUT2D eigenvalue weighted by Gasteiger charge is 2.03. The lowest BCUT2D eigenvalue weighted by molar-refractivity contribution is 0.343. The minimum absolute atomic E-state index is 0.0149. The first-order valence-electron chi connectivity index (χ1n) is 4.45. The van der Waals surface area contributed by atoms with Gasteiger partial charge in [0.15, 0.2) is 0 Å². The van der Waals surface area contributed by atoms with Gasteiger partial charge in [0.05, 0.1) is 22.2 Å². The second-order valence-corrected chi connectivity index (χ2v) is 3.93. The van der Waals surface area contributed by atoms with E-state index in [2.05, 4.69) is 0 Å². The molecule has 1 aromatic carbocycles. The number of hydrogen-bond donors (Lipinski definition) is 1. The second-order valence-electron chi connectivity index (χ2n) is 3.12. The normalized spacial score (nSPS) is 11.7. The molecule has 15 heavy (non-hydrogen) atoms. The van der Waals surface area contributed by atoms with Gasteiger partial charge in [-0.15, -0.1) is 0 Å². The molecule has 0 atom stereocenters. The summed E-state index contributed by atoms with van der Waals surface area (Å²) in [5.74, 6) is 0. The van der Waals surface area contributed by atoms with Gasteiger partial charge >= 0.3 is 0 Å². The third kappa shape index (κ3) is 2.02. The molecule has 78 valence electrons. The van der Waals surface area contributed by atoms with E-state index < -0.39 is 0 Å². The maximum absolute atomic E-state index is 8.69. The first-order valence-corrected chi connectivity index (χ1v) is 5.21. The fraction of sp³-hybridized carbons (Fsp3) is 0.0909. The average molecular weight is 242 g/mol. The van der Waals surface area contributed by atoms with E-state index in [0.29, 0.717) is 10.0 Å². The highest BCUT2D eigenvalue weighted by molar-refractivity contribution is 6.42. The molecule has 1 N–H and O–H groups in total. The van der Waals surface area contributed by atoms with Crippen molar-refractivity contribution in [1.82, 2.24) is 4.57 Å². The van der Waals surface area contributed by atoms with Crippen molar-refractivity contribution in [2.45, 2.75) is 0 Å². The number of nitrogens with zero attached hydrogens (tertiary/aromatic N) is 1. The minimum Gasteiger partial charge on any atom is -0.392 e. The predicted octanol–water partition coefficient (Wildman–Crippen LogP) is 3.41. The fourth-order valence-electron chi connectivity index (χ4n) is 1.44. The smallest absolute Gasteiger partial charge is 0.0629 e. The van der Waals surface area contributed by atoms with Crippen molar-refractivity contribution in [1.29, 1.82) is 0 Å². The van der Waals surface area contributed by atoms with Crippen molar-refractivity contribution < 1.29 is 5.11 Å². The quantitative estimate of drug-likeness (QED) is 0.857. The summed E-state index contributed by atoms with van der Waals surface area (Å²) < 4.78 is 1.88. The van der Waals surface area contributed by atoms with Crippen LogP contribution in [0.1, 0.15) is 0 Å². The number of aromatic nitrogens is 1. The van der Waals surface area contributed by atoms with Crippen LogP contribution in [0.15, 0.2) is 30.5 Å². The number of halogens is 2. The van der Waals surface area contributed by atoms with Crippen molar-refractivity contribution in [3.63, 3.8) is 0 Å². The number of aliphatic hydroxyl groups is 1. The Bertz CT molecular complexity index is 517. The molecule has 0 aliphatic rings. The predicted molar refractivity (Wildman–Crippen MR) is 64.4 cm³/mol. The van der Waals surface area contributed by atoms with E-state index in [1.165, 1.54) is 0 Å². The van der Waals surface area contributed by atoms with E-state index in [0.717, 1.165) is 10.9 Å². The Morgan fingerprint density at radius 1 is 1.27 bits per heavy atom. The Balaban J connectivity index is 2.59. The highest BCUT2D eigenvalue weighted by atomic mass is 35.5. The third-order valence-electron chi connectivity index (χ3n) is 2.13. The maximum atomic E-state index is 8.69. The van der Waals surface area contributed by atoms with Crippen molar-refractivity contribution in [3.05, 3.63) is 40.5 Å². The number of hydrogen-bond acceptors (Lipinski definition) is 1. The van der Waals surface area contributed by atoms with E-state index in [1.54, 1.807) is 18.3 Å². The molecule has 0 saturated carbocycles. The molecule has 0 unspecified atom stereocenters. The van der Waals surface area contributed by atoms with E-state index >= 15 is 0 Å². The van der Waals surface area contributed by atoms with Gasteiger partial charge in [0, 0.05) is 17.8 Å². The van der Waals surface area contributed by atoms with Gasteiger partial charge < -0.3 is 9.67 Å². The summed E-state index contributed by atoms with van der Waals surface area (Å²) in [6.07, 6.45) is 5.33. The van der Waals surface area contributed by atoms with Crippen LogP contribution in [0.25, 0.3) is 17.1 Å². The SMILES string of the molecule is OC/C=C/n1ccc2cc(Cl)c(Cl)cc21. The first-order chi connectivity index (χ1) is 7.22. The lowest BCUT2D eigenvalue weighted by atomic mass is 10.2. The summed E-state index contributed by atoms with van der Waals surface area (Å²) in [7, 11) is 0. The molecule has 0 aliphatic carbocycles. The Hall–Kier alpha value is -0.960. The molecule has 4 heteroatoms. The summed E-state index contributed by atoms with van der Waals surface area (Å²) >= 11 is 11.8. The van der Waals surface area contributed by atoms with Gasteiger partial charge in [-0.3, -0.25) is 0 Å². The van der Waals surface area contributed by atoms with Gasteiger partial charge in [-0.1, -0.05) is 23.2 Å². The van der Waals surface area contributed by atoms with Gasteiger partial charge in [-0.2, -0.15) is 0 Å². The van der Waals surface area contributed by atoms with Crippen molar-refractivity contribution in [2.75, 3.05) is 6.61 Å². The third-order valence-corrected chi connectivity index (χ3v) is 2.86. The van der Waals surface area contributed by atoms with Gasteiger partial charge in [0.2, 0.25) is 0 Å². The molecule has 1 heterocycles. The molecule has 0 radical (unpaired) electrons. The van der Waals surface area contributed by atoms with Crippen molar-refractivity contribution in [2.24, 2.45) is 0 Å². The van der Waals surface area contributed by atoms with Gasteiger partial charge in [0.25, 0.3) is 0 Å². The molecule has 0 saturated heterocycles. The van der Waals surface area contributed by atoms with E-state index in [4.69, 9.17) is 28.3 Å². The maximum Gasteiger partial charge on any atom is 0.0629 e. The summed E-state index contributed by atoms with van der Waals surface area (Å²) in [5, 5.41) is 10.8. The standard InChI is InChI=1S/C11H9Cl2NO/c12-9-6-8-2-4-14(3-1-5-15)11(8)7-10(9)13/h1-4,6-7,15H,5H2/b3-1+. The van der Waals surface area contributed by atoms with Crippen LogP contribution >= 0.6 is 23.2 Å². The zero-order valence-corrected chi connectivity index (χ0v) is 9.33. The number of benzene rings is 1. The zero-order valence-electron chi connectivity index (χ0n) is 7.82. The van der Waals surface area contributed by atoms with Crippen molar-refractivity contribution >= 4 is 40.3 Å². The summed E-state index contributed by atoms with van der Waals surface area (Å²) in [5.41, 5.74) is 0.967. The topological polar surface area (TPSA) is 25.2 Å². The number of aliphatic hydroxyl groups excluding tert-OH is 1. The summed E-state index contributed by atoms with van der Waals surface area (Å²) in [6, 6.07) is 5.57. The van der Waals surface area contributed by atoms with Crippen molar-refractivity contribution in [3.8, 4) is 0 Å². The van der Waals surface area contributed by atoms with E-state index in [-0.39, 0.29) is 6.61 Å². The van der Waals surface area contributed by atoms with Crippen LogP contribution in [-0.4, -0.2) is 16.3 Å². The Morgan fingerprint density at radius 3 is 2.73 bits per heavy atom. The molecule has 1 aromatic heterocycles. The lowest BCUT2D eigenvalue weighted by Crippen LogP contribution is -1.84. The lowest BCUT2D eigenvalue weighted by Gasteiger charge is -2.00. The van der Waals surface area contributed by atoms with Gasteiger partial charge in [-0.05, 0) is 24.3 Å². The van der Waals surface area contributed by atoms with Gasteiger partial charge in [-0.25, -0.2) is 0 Å². The van der Waals surface area contributed by atoms with Crippen LogP contribution in [0.4, 0.5) is 0 Å². The molecule has 0 fully saturated rings. The molecule has 2 rings (SSSR count). The fourth-order valence-corrected chi connectivity index (χ4v) is 1.77.